The van der Waals surface area contributed by atoms with E-state index < -0.39 is 0 Å². The minimum Gasteiger partial charge on any atom is -0.355 e. The smallest absolute Gasteiger partial charge is 0.234 e. The Bertz CT molecular complexity index is 401. The summed E-state index contributed by atoms with van der Waals surface area (Å²) in [6.45, 7) is 3.25. The summed E-state index contributed by atoms with van der Waals surface area (Å²) in [7, 11) is 2.01. The number of rotatable bonds is 7. The van der Waals surface area contributed by atoms with E-state index in [0.29, 0.717) is 19.1 Å². The molecule has 1 heterocycles. The number of likely N-dealkylation sites (N-methyl/N-ethyl adjacent to an activating group) is 1. The standard InChI is InChI=1S/C16H25N3O/c1-19(12-15-8-5-10-17-15)13-16(20)18-11-9-14-6-3-2-4-7-14/h2-4,6-7,15,17H,5,8-13H2,1H3,(H,18,20). The van der Waals surface area contributed by atoms with E-state index in [9.17, 15) is 4.79 Å². The number of nitrogens with one attached hydrogen (secondary N) is 2. The first-order chi connectivity index (χ1) is 9.74. The first-order valence-electron chi connectivity index (χ1n) is 7.46. The van der Waals surface area contributed by atoms with Crippen molar-refractivity contribution in [1.82, 2.24) is 15.5 Å². The molecule has 110 valence electrons. The molecule has 1 atom stereocenters. The van der Waals surface area contributed by atoms with E-state index in [0.717, 1.165) is 19.5 Å². The van der Waals surface area contributed by atoms with Gasteiger partial charge in [-0.15, -0.1) is 0 Å². The number of benzene rings is 1. The fraction of sp³-hybridized carbons (Fsp3) is 0.562. The molecule has 1 fully saturated rings. The number of nitrogens with zero attached hydrogens (tertiary/aromatic N) is 1. The van der Waals surface area contributed by atoms with Gasteiger partial charge in [-0.2, -0.15) is 0 Å². The lowest BCUT2D eigenvalue weighted by molar-refractivity contribution is -0.121. The maximum atomic E-state index is 11.8. The average Bonchev–Trinajstić information content (AvgIpc) is 2.92. The first kappa shape index (κ1) is 15.0. The van der Waals surface area contributed by atoms with Crippen molar-refractivity contribution in [2.75, 3.05) is 33.2 Å². The third-order valence-electron chi connectivity index (χ3n) is 3.69. The molecule has 1 saturated heterocycles. The highest BCUT2D eigenvalue weighted by atomic mass is 16.2. The molecule has 1 aliphatic heterocycles. The second-order valence-corrected chi connectivity index (χ2v) is 5.58. The van der Waals surface area contributed by atoms with Crippen LogP contribution in [0.4, 0.5) is 0 Å². The molecular weight excluding hydrogens is 250 g/mol. The highest BCUT2D eigenvalue weighted by Gasteiger charge is 2.16. The lowest BCUT2D eigenvalue weighted by Gasteiger charge is -2.20. The van der Waals surface area contributed by atoms with Gasteiger partial charge in [0, 0.05) is 19.1 Å². The van der Waals surface area contributed by atoms with Crippen LogP contribution in [0, 0.1) is 0 Å². The maximum Gasteiger partial charge on any atom is 0.234 e. The molecule has 1 unspecified atom stereocenters. The van der Waals surface area contributed by atoms with E-state index in [4.69, 9.17) is 0 Å². The SMILES string of the molecule is CN(CC(=O)NCCc1ccccc1)CC1CCCN1. The van der Waals surface area contributed by atoms with Gasteiger partial charge in [-0.05, 0) is 38.4 Å². The Balaban J connectivity index is 1.59. The van der Waals surface area contributed by atoms with E-state index in [1.54, 1.807) is 0 Å². The van der Waals surface area contributed by atoms with Crippen LogP contribution in [0.15, 0.2) is 30.3 Å². The Labute approximate surface area is 121 Å². The Kier molecular flexibility index (Phi) is 6.02. The second-order valence-electron chi connectivity index (χ2n) is 5.58. The minimum absolute atomic E-state index is 0.112. The van der Waals surface area contributed by atoms with Crippen LogP contribution in [0.2, 0.25) is 0 Å². The summed E-state index contributed by atoms with van der Waals surface area (Å²) in [4.78, 5) is 13.9. The molecule has 0 radical (unpaired) electrons. The van der Waals surface area contributed by atoms with Gasteiger partial charge in [0.05, 0.1) is 6.54 Å². The molecule has 2 N–H and O–H groups in total. The molecule has 1 amide bonds. The van der Waals surface area contributed by atoms with Gasteiger partial charge in [0.15, 0.2) is 0 Å². The third kappa shape index (κ3) is 5.31. The normalized spacial score (nSPS) is 18.4. The Morgan fingerprint density at radius 1 is 1.40 bits per heavy atom. The van der Waals surface area contributed by atoms with Crippen LogP contribution < -0.4 is 10.6 Å². The molecule has 0 spiro atoms. The van der Waals surface area contributed by atoms with Crippen molar-refractivity contribution in [2.24, 2.45) is 0 Å². The molecule has 2 rings (SSSR count). The number of carbonyl (C=O) groups excluding carboxylic acids is 1. The lowest BCUT2D eigenvalue weighted by atomic mass is 10.1. The van der Waals surface area contributed by atoms with Crippen LogP contribution in [0.1, 0.15) is 18.4 Å². The Morgan fingerprint density at radius 2 is 2.20 bits per heavy atom. The van der Waals surface area contributed by atoms with Gasteiger partial charge in [0.1, 0.15) is 0 Å². The zero-order valence-electron chi connectivity index (χ0n) is 12.3. The molecule has 0 bridgehead atoms. The zero-order chi connectivity index (χ0) is 14.2. The zero-order valence-corrected chi connectivity index (χ0v) is 12.3. The molecule has 4 nitrogen and oxygen atoms in total. The summed E-state index contributed by atoms with van der Waals surface area (Å²) in [5.41, 5.74) is 1.26. The van der Waals surface area contributed by atoms with Crippen LogP contribution in [0.5, 0.6) is 0 Å². The second kappa shape index (κ2) is 8.02. The molecule has 0 aromatic heterocycles. The van der Waals surface area contributed by atoms with Crippen LogP contribution in [-0.2, 0) is 11.2 Å². The van der Waals surface area contributed by atoms with Crippen LogP contribution in [0.25, 0.3) is 0 Å². The molecule has 1 aromatic rings. The van der Waals surface area contributed by atoms with Gasteiger partial charge >= 0.3 is 0 Å². The van der Waals surface area contributed by atoms with Crippen LogP contribution in [-0.4, -0.2) is 50.1 Å². The number of hydrogen-bond donors (Lipinski definition) is 2. The maximum absolute atomic E-state index is 11.8. The monoisotopic (exact) mass is 275 g/mol. The van der Waals surface area contributed by atoms with Gasteiger partial charge in [0.25, 0.3) is 0 Å². The van der Waals surface area contributed by atoms with Crippen molar-refractivity contribution >= 4 is 5.91 Å². The van der Waals surface area contributed by atoms with E-state index in [1.807, 2.05) is 25.2 Å². The van der Waals surface area contributed by atoms with E-state index in [1.165, 1.54) is 18.4 Å². The largest absolute Gasteiger partial charge is 0.355 e. The van der Waals surface area contributed by atoms with Gasteiger partial charge in [0.2, 0.25) is 5.91 Å². The number of amides is 1. The summed E-state index contributed by atoms with van der Waals surface area (Å²) in [5, 5.41) is 6.44. The average molecular weight is 275 g/mol. The molecule has 20 heavy (non-hydrogen) atoms. The first-order valence-corrected chi connectivity index (χ1v) is 7.46. The predicted octanol–water partition coefficient (Wildman–Crippen LogP) is 1.03. The lowest BCUT2D eigenvalue weighted by Crippen LogP contribution is -2.41. The number of hydrogen-bond acceptors (Lipinski definition) is 3. The molecular formula is C16H25N3O. The molecule has 0 saturated carbocycles. The quantitative estimate of drug-likeness (QED) is 0.781. The van der Waals surface area contributed by atoms with Gasteiger partial charge in [-0.3, -0.25) is 9.69 Å². The fourth-order valence-electron chi connectivity index (χ4n) is 2.65. The fourth-order valence-corrected chi connectivity index (χ4v) is 2.65. The number of carbonyl (C=O) groups is 1. The predicted molar refractivity (Wildman–Crippen MR) is 81.7 cm³/mol. The highest BCUT2D eigenvalue weighted by molar-refractivity contribution is 5.77. The summed E-state index contributed by atoms with van der Waals surface area (Å²) in [5.74, 6) is 0.112. The molecule has 4 heteroatoms. The van der Waals surface area contributed by atoms with Crippen molar-refractivity contribution in [2.45, 2.75) is 25.3 Å². The van der Waals surface area contributed by atoms with Gasteiger partial charge in [-0.1, -0.05) is 30.3 Å². The Hall–Kier alpha value is -1.39. The summed E-state index contributed by atoms with van der Waals surface area (Å²) < 4.78 is 0. The van der Waals surface area contributed by atoms with E-state index in [2.05, 4.69) is 27.7 Å². The van der Waals surface area contributed by atoms with Crippen molar-refractivity contribution in [1.29, 1.82) is 0 Å². The Morgan fingerprint density at radius 3 is 2.90 bits per heavy atom. The summed E-state index contributed by atoms with van der Waals surface area (Å²) in [6, 6.07) is 10.8. The van der Waals surface area contributed by atoms with E-state index in [-0.39, 0.29) is 5.91 Å². The van der Waals surface area contributed by atoms with Crippen molar-refractivity contribution in [3.8, 4) is 0 Å². The van der Waals surface area contributed by atoms with Crippen molar-refractivity contribution in [3.05, 3.63) is 35.9 Å². The topological polar surface area (TPSA) is 44.4 Å². The third-order valence-corrected chi connectivity index (χ3v) is 3.69. The van der Waals surface area contributed by atoms with Crippen LogP contribution >= 0.6 is 0 Å². The minimum atomic E-state index is 0.112. The molecule has 0 aliphatic carbocycles. The van der Waals surface area contributed by atoms with Gasteiger partial charge in [-0.25, -0.2) is 0 Å². The van der Waals surface area contributed by atoms with Crippen LogP contribution in [0.3, 0.4) is 0 Å². The summed E-state index contributed by atoms with van der Waals surface area (Å²) in [6.07, 6.45) is 3.36. The van der Waals surface area contributed by atoms with Gasteiger partial charge < -0.3 is 10.6 Å². The molecule has 1 aliphatic rings. The van der Waals surface area contributed by atoms with Crippen molar-refractivity contribution in [3.63, 3.8) is 0 Å². The molecule has 1 aromatic carbocycles. The summed E-state index contributed by atoms with van der Waals surface area (Å²) >= 11 is 0. The highest BCUT2D eigenvalue weighted by Crippen LogP contribution is 2.05. The van der Waals surface area contributed by atoms with Crippen molar-refractivity contribution < 1.29 is 4.79 Å². The van der Waals surface area contributed by atoms with E-state index >= 15 is 0 Å².